The molecule has 124 valence electrons. The Morgan fingerprint density at radius 2 is 2.00 bits per heavy atom. The molecule has 5 heteroatoms. The van der Waals surface area contributed by atoms with Gasteiger partial charge in [-0.05, 0) is 31.5 Å². The van der Waals surface area contributed by atoms with Crippen molar-refractivity contribution in [3.8, 4) is 11.5 Å². The van der Waals surface area contributed by atoms with Crippen LogP contribution < -0.4 is 14.4 Å². The van der Waals surface area contributed by atoms with Crippen molar-refractivity contribution in [1.29, 1.82) is 0 Å². The fourth-order valence-electron chi connectivity index (χ4n) is 2.68. The molecule has 0 aliphatic carbocycles. The lowest BCUT2D eigenvalue weighted by Gasteiger charge is -2.30. The van der Waals surface area contributed by atoms with Crippen molar-refractivity contribution in [2.75, 3.05) is 18.1 Å². The molecule has 1 heterocycles. The number of aldehydes is 1. The second kappa shape index (κ2) is 6.74. The number of carbonyl (C=O) groups excluding carboxylic acids is 2. The zero-order valence-electron chi connectivity index (χ0n) is 13.7. The lowest BCUT2D eigenvalue weighted by atomic mass is 10.1. The number of ether oxygens (including phenoxy) is 2. The van der Waals surface area contributed by atoms with E-state index in [1.165, 1.54) is 0 Å². The molecular weight excluding hydrogens is 306 g/mol. The Morgan fingerprint density at radius 3 is 2.67 bits per heavy atom. The second-order valence-electron chi connectivity index (χ2n) is 5.67. The summed E-state index contributed by atoms with van der Waals surface area (Å²) in [4.78, 5) is 25.2. The van der Waals surface area contributed by atoms with E-state index < -0.39 is 0 Å². The normalized spacial score (nSPS) is 13.2. The van der Waals surface area contributed by atoms with Gasteiger partial charge in [-0.25, -0.2) is 0 Å². The molecule has 1 aliphatic rings. The highest BCUT2D eigenvalue weighted by Crippen LogP contribution is 2.42. The number of hydrogen-bond acceptors (Lipinski definition) is 4. The Kier molecular flexibility index (Phi) is 4.51. The zero-order chi connectivity index (χ0) is 17.1. The van der Waals surface area contributed by atoms with E-state index in [1.54, 1.807) is 17.0 Å². The van der Waals surface area contributed by atoms with Crippen LogP contribution in [0.5, 0.6) is 11.5 Å². The third-order valence-corrected chi connectivity index (χ3v) is 3.89. The molecule has 0 aromatic heterocycles. The van der Waals surface area contributed by atoms with Gasteiger partial charge < -0.3 is 14.4 Å². The summed E-state index contributed by atoms with van der Waals surface area (Å²) in [5.41, 5.74) is 3.19. The molecular formula is C19H19NO4. The van der Waals surface area contributed by atoms with Crippen LogP contribution in [0.15, 0.2) is 36.4 Å². The van der Waals surface area contributed by atoms with E-state index in [4.69, 9.17) is 9.47 Å². The lowest BCUT2D eigenvalue weighted by Crippen LogP contribution is -2.38. The fraction of sp³-hybridized carbons (Fsp3) is 0.263. The fourth-order valence-corrected chi connectivity index (χ4v) is 2.68. The summed E-state index contributed by atoms with van der Waals surface area (Å²) in [6, 6.07) is 11.3. The summed E-state index contributed by atoms with van der Waals surface area (Å²) in [7, 11) is 0. The van der Waals surface area contributed by atoms with Gasteiger partial charge >= 0.3 is 0 Å². The molecule has 0 radical (unpaired) electrons. The Labute approximate surface area is 140 Å². The molecule has 0 atom stereocenters. The molecule has 1 amide bonds. The van der Waals surface area contributed by atoms with Crippen molar-refractivity contribution >= 4 is 17.9 Å². The van der Waals surface area contributed by atoms with Crippen LogP contribution in [0.3, 0.4) is 0 Å². The van der Waals surface area contributed by atoms with Crippen molar-refractivity contribution in [3.05, 3.63) is 53.1 Å². The summed E-state index contributed by atoms with van der Waals surface area (Å²) in [6.45, 7) is 4.70. The summed E-state index contributed by atoms with van der Waals surface area (Å²) < 4.78 is 11.1. The maximum absolute atomic E-state index is 12.4. The average Bonchev–Trinajstić information content (AvgIpc) is 2.59. The zero-order valence-corrected chi connectivity index (χ0v) is 13.7. The first kappa shape index (κ1) is 16.1. The predicted molar refractivity (Wildman–Crippen MR) is 90.9 cm³/mol. The van der Waals surface area contributed by atoms with Crippen LogP contribution in [-0.2, 0) is 11.3 Å². The van der Waals surface area contributed by atoms with Gasteiger partial charge in [-0.3, -0.25) is 9.59 Å². The van der Waals surface area contributed by atoms with Crippen molar-refractivity contribution in [1.82, 2.24) is 0 Å². The number of amides is 1. The van der Waals surface area contributed by atoms with Crippen molar-refractivity contribution in [3.63, 3.8) is 0 Å². The highest BCUT2D eigenvalue weighted by Gasteiger charge is 2.29. The van der Waals surface area contributed by atoms with Crippen LogP contribution in [0.4, 0.5) is 5.69 Å². The van der Waals surface area contributed by atoms with Crippen LogP contribution in [0.2, 0.25) is 0 Å². The standard InChI is InChI=1S/C19H19NO4/c1-3-23-17-9-15(11-21)8-16-19(17)24-12-18(22)20(16)10-14-6-4-13(2)5-7-14/h4-9,11H,3,10,12H2,1-2H3. The van der Waals surface area contributed by atoms with Crippen LogP contribution >= 0.6 is 0 Å². The minimum absolute atomic E-state index is 0.0423. The SMILES string of the molecule is CCOc1cc(C=O)cc2c1OCC(=O)N2Cc1ccc(C)cc1. The second-order valence-corrected chi connectivity index (χ2v) is 5.67. The molecule has 0 saturated heterocycles. The van der Waals surface area contributed by atoms with Gasteiger partial charge in [-0.1, -0.05) is 29.8 Å². The van der Waals surface area contributed by atoms with E-state index in [2.05, 4.69) is 0 Å². The molecule has 2 aromatic carbocycles. The molecule has 0 N–H and O–H groups in total. The summed E-state index contributed by atoms with van der Waals surface area (Å²) >= 11 is 0. The van der Waals surface area contributed by atoms with E-state index in [-0.39, 0.29) is 12.5 Å². The first-order valence-electron chi connectivity index (χ1n) is 7.87. The Hall–Kier alpha value is -2.82. The third-order valence-electron chi connectivity index (χ3n) is 3.89. The predicted octanol–water partition coefficient (Wildman–Crippen LogP) is 3.13. The maximum Gasteiger partial charge on any atom is 0.265 e. The molecule has 5 nitrogen and oxygen atoms in total. The van der Waals surface area contributed by atoms with Gasteiger partial charge in [0.2, 0.25) is 0 Å². The number of carbonyl (C=O) groups is 2. The van der Waals surface area contributed by atoms with Crippen LogP contribution in [0, 0.1) is 6.92 Å². The molecule has 0 saturated carbocycles. The van der Waals surface area contributed by atoms with E-state index in [1.807, 2.05) is 38.1 Å². The molecule has 0 bridgehead atoms. The van der Waals surface area contributed by atoms with Gasteiger partial charge in [0.25, 0.3) is 5.91 Å². The molecule has 3 rings (SSSR count). The number of aryl methyl sites for hydroxylation is 1. The monoisotopic (exact) mass is 325 g/mol. The Balaban J connectivity index is 2.02. The molecule has 0 fully saturated rings. The minimum Gasteiger partial charge on any atom is -0.490 e. The molecule has 0 spiro atoms. The average molecular weight is 325 g/mol. The molecule has 2 aromatic rings. The minimum atomic E-state index is -0.145. The van der Waals surface area contributed by atoms with Crippen molar-refractivity contribution in [2.24, 2.45) is 0 Å². The van der Waals surface area contributed by atoms with E-state index in [9.17, 15) is 9.59 Å². The summed E-state index contributed by atoms with van der Waals surface area (Å²) in [5.74, 6) is 0.848. The van der Waals surface area contributed by atoms with Gasteiger partial charge in [-0.2, -0.15) is 0 Å². The van der Waals surface area contributed by atoms with Crippen molar-refractivity contribution in [2.45, 2.75) is 20.4 Å². The highest BCUT2D eigenvalue weighted by atomic mass is 16.5. The quantitative estimate of drug-likeness (QED) is 0.793. The van der Waals surface area contributed by atoms with Gasteiger partial charge in [0.1, 0.15) is 6.29 Å². The van der Waals surface area contributed by atoms with Crippen molar-refractivity contribution < 1.29 is 19.1 Å². The van der Waals surface area contributed by atoms with E-state index >= 15 is 0 Å². The largest absolute Gasteiger partial charge is 0.490 e. The van der Waals surface area contributed by atoms with Gasteiger partial charge in [-0.15, -0.1) is 0 Å². The molecule has 24 heavy (non-hydrogen) atoms. The number of nitrogens with zero attached hydrogens (tertiary/aromatic N) is 1. The number of rotatable bonds is 5. The summed E-state index contributed by atoms with van der Waals surface area (Å²) in [6.07, 6.45) is 0.742. The molecule has 0 unspecified atom stereocenters. The molecule has 1 aliphatic heterocycles. The number of fused-ring (bicyclic) bond motifs is 1. The van der Waals surface area contributed by atoms with Crippen LogP contribution in [0.25, 0.3) is 0 Å². The lowest BCUT2D eigenvalue weighted by molar-refractivity contribution is -0.121. The third kappa shape index (κ3) is 3.11. The topological polar surface area (TPSA) is 55.8 Å². The highest BCUT2D eigenvalue weighted by molar-refractivity contribution is 5.99. The summed E-state index contributed by atoms with van der Waals surface area (Å²) in [5, 5.41) is 0. The smallest absolute Gasteiger partial charge is 0.265 e. The maximum atomic E-state index is 12.4. The van der Waals surface area contributed by atoms with Crippen LogP contribution in [-0.4, -0.2) is 25.4 Å². The first-order chi connectivity index (χ1) is 11.6. The Bertz CT molecular complexity index is 768. The van der Waals surface area contributed by atoms with E-state index in [0.29, 0.717) is 35.9 Å². The van der Waals surface area contributed by atoms with Gasteiger partial charge in [0, 0.05) is 5.56 Å². The first-order valence-corrected chi connectivity index (χ1v) is 7.87. The van der Waals surface area contributed by atoms with Gasteiger partial charge in [0.05, 0.1) is 18.8 Å². The number of anilines is 1. The number of hydrogen-bond donors (Lipinski definition) is 0. The Morgan fingerprint density at radius 1 is 1.25 bits per heavy atom. The van der Waals surface area contributed by atoms with Crippen LogP contribution in [0.1, 0.15) is 28.4 Å². The van der Waals surface area contributed by atoms with Gasteiger partial charge in [0.15, 0.2) is 18.1 Å². The van der Waals surface area contributed by atoms with E-state index in [0.717, 1.165) is 17.4 Å². The number of benzene rings is 2.